The summed E-state index contributed by atoms with van der Waals surface area (Å²) in [6, 6.07) is 7.43. The number of hydrogen-bond acceptors (Lipinski definition) is 3. The van der Waals surface area contributed by atoms with E-state index in [0.717, 1.165) is 0 Å². The summed E-state index contributed by atoms with van der Waals surface area (Å²) in [7, 11) is 0. The van der Waals surface area contributed by atoms with Gasteiger partial charge in [-0.2, -0.15) is 0 Å². The van der Waals surface area contributed by atoms with E-state index in [1.807, 2.05) is 0 Å². The van der Waals surface area contributed by atoms with E-state index in [0.29, 0.717) is 0 Å². The molecule has 0 spiro atoms. The number of piperidine rings is 3. The highest BCUT2D eigenvalue weighted by Crippen LogP contribution is 2.33. The maximum atomic E-state index is 2.63. The largest absolute Gasteiger partial charge is 0.371 e. The average molecular weight is 328 g/mol. The van der Waals surface area contributed by atoms with Crippen molar-refractivity contribution in [2.45, 2.75) is 57.8 Å². The lowest BCUT2D eigenvalue weighted by molar-refractivity contribution is 0.569. The van der Waals surface area contributed by atoms with Crippen molar-refractivity contribution >= 4 is 17.1 Å². The standard InChI is InChI=1S/C21H33N3/c1-4-10-22(11-5-1)19-16-20(23-12-6-2-7-13-23)18-21(17-19)24-14-8-3-9-15-24/h16-18H,1-15H2. The quantitative estimate of drug-likeness (QED) is 0.799. The Kier molecular flexibility index (Phi) is 5.15. The van der Waals surface area contributed by atoms with Gasteiger partial charge in [-0.05, 0) is 76.0 Å². The highest BCUT2D eigenvalue weighted by atomic mass is 15.2. The maximum Gasteiger partial charge on any atom is 0.0407 e. The molecule has 3 heterocycles. The molecule has 0 saturated carbocycles. The fourth-order valence-corrected chi connectivity index (χ4v) is 4.58. The second kappa shape index (κ2) is 7.67. The van der Waals surface area contributed by atoms with Crippen molar-refractivity contribution in [1.82, 2.24) is 0 Å². The Morgan fingerprint density at radius 1 is 0.375 bits per heavy atom. The predicted molar refractivity (Wildman–Crippen MR) is 105 cm³/mol. The van der Waals surface area contributed by atoms with Gasteiger partial charge in [0.2, 0.25) is 0 Å². The molecular weight excluding hydrogens is 294 g/mol. The fourth-order valence-electron chi connectivity index (χ4n) is 4.58. The zero-order valence-corrected chi connectivity index (χ0v) is 15.2. The van der Waals surface area contributed by atoms with Gasteiger partial charge in [-0.3, -0.25) is 0 Å². The van der Waals surface area contributed by atoms with Crippen LogP contribution in [0, 0.1) is 0 Å². The monoisotopic (exact) mass is 327 g/mol. The van der Waals surface area contributed by atoms with Crippen LogP contribution in [0.15, 0.2) is 18.2 Å². The molecule has 0 unspecified atom stereocenters. The van der Waals surface area contributed by atoms with Gasteiger partial charge in [0.1, 0.15) is 0 Å². The van der Waals surface area contributed by atoms with Gasteiger partial charge >= 0.3 is 0 Å². The molecule has 132 valence electrons. The second-order valence-electron chi connectivity index (χ2n) is 7.85. The number of rotatable bonds is 3. The van der Waals surface area contributed by atoms with Crippen LogP contribution in [0.5, 0.6) is 0 Å². The first-order valence-electron chi connectivity index (χ1n) is 10.3. The van der Waals surface area contributed by atoms with E-state index < -0.39 is 0 Å². The van der Waals surface area contributed by atoms with Crippen molar-refractivity contribution in [3.8, 4) is 0 Å². The van der Waals surface area contributed by atoms with Crippen LogP contribution < -0.4 is 14.7 Å². The topological polar surface area (TPSA) is 9.72 Å². The van der Waals surface area contributed by atoms with Crippen molar-refractivity contribution in [3.63, 3.8) is 0 Å². The summed E-state index contributed by atoms with van der Waals surface area (Å²) in [4.78, 5) is 7.89. The Labute approximate surface area is 147 Å². The number of nitrogens with zero attached hydrogens (tertiary/aromatic N) is 3. The van der Waals surface area contributed by atoms with Gasteiger partial charge in [-0.1, -0.05) is 0 Å². The molecular formula is C21H33N3. The van der Waals surface area contributed by atoms with Crippen LogP contribution in [-0.4, -0.2) is 39.3 Å². The van der Waals surface area contributed by atoms with Crippen LogP contribution in [0.3, 0.4) is 0 Å². The highest BCUT2D eigenvalue weighted by molar-refractivity contribution is 5.70. The summed E-state index contributed by atoms with van der Waals surface area (Å²) >= 11 is 0. The third-order valence-electron chi connectivity index (χ3n) is 6.05. The van der Waals surface area contributed by atoms with Crippen LogP contribution in [0.25, 0.3) is 0 Å². The molecule has 0 amide bonds. The first-order valence-corrected chi connectivity index (χ1v) is 10.3. The minimum Gasteiger partial charge on any atom is -0.371 e. The molecule has 0 aliphatic carbocycles. The van der Waals surface area contributed by atoms with Gasteiger partial charge in [0.25, 0.3) is 0 Å². The second-order valence-corrected chi connectivity index (χ2v) is 7.85. The molecule has 0 aromatic heterocycles. The highest BCUT2D eigenvalue weighted by Gasteiger charge is 2.19. The van der Waals surface area contributed by atoms with E-state index in [9.17, 15) is 0 Å². The summed E-state index contributed by atoms with van der Waals surface area (Å²) < 4.78 is 0. The van der Waals surface area contributed by atoms with Gasteiger partial charge in [0.05, 0.1) is 0 Å². The molecule has 3 aliphatic heterocycles. The Balaban J connectivity index is 1.63. The molecule has 3 heteroatoms. The molecule has 3 saturated heterocycles. The molecule has 0 bridgehead atoms. The van der Waals surface area contributed by atoms with Crippen molar-refractivity contribution in [3.05, 3.63) is 18.2 Å². The molecule has 24 heavy (non-hydrogen) atoms. The maximum absolute atomic E-state index is 2.63. The van der Waals surface area contributed by atoms with Crippen LogP contribution in [0.1, 0.15) is 57.8 Å². The Hall–Kier alpha value is -1.38. The molecule has 1 aromatic carbocycles. The molecule has 3 nitrogen and oxygen atoms in total. The van der Waals surface area contributed by atoms with Crippen LogP contribution >= 0.6 is 0 Å². The van der Waals surface area contributed by atoms with Gasteiger partial charge in [0, 0.05) is 56.3 Å². The molecule has 3 fully saturated rings. The minimum atomic E-state index is 1.24. The molecule has 0 radical (unpaired) electrons. The summed E-state index contributed by atoms with van der Waals surface area (Å²) in [5, 5.41) is 0. The first-order chi connectivity index (χ1) is 11.9. The molecule has 4 rings (SSSR count). The number of benzene rings is 1. The van der Waals surface area contributed by atoms with E-state index in [4.69, 9.17) is 0 Å². The van der Waals surface area contributed by atoms with Crippen molar-refractivity contribution in [1.29, 1.82) is 0 Å². The third kappa shape index (κ3) is 3.65. The van der Waals surface area contributed by atoms with Crippen LogP contribution in [0.4, 0.5) is 17.1 Å². The Morgan fingerprint density at radius 3 is 0.875 bits per heavy atom. The third-order valence-corrected chi connectivity index (χ3v) is 6.05. The zero-order valence-electron chi connectivity index (χ0n) is 15.2. The lowest BCUT2D eigenvalue weighted by atomic mass is 10.1. The van der Waals surface area contributed by atoms with Gasteiger partial charge in [-0.25, -0.2) is 0 Å². The van der Waals surface area contributed by atoms with Crippen molar-refractivity contribution < 1.29 is 0 Å². The van der Waals surface area contributed by atoms with E-state index >= 15 is 0 Å². The van der Waals surface area contributed by atoms with E-state index in [2.05, 4.69) is 32.9 Å². The average Bonchev–Trinajstić information content (AvgIpc) is 2.70. The van der Waals surface area contributed by atoms with Crippen molar-refractivity contribution in [2.24, 2.45) is 0 Å². The Morgan fingerprint density at radius 2 is 0.625 bits per heavy atom. The fraction of sp³-hybridized carbons (Fsp3) is 0.714. The lowest BCUT2D eigenvalue weighted by Crippen LogP contribution is -2.33. The van der Waals surface area contributed by atoms with E-state index in [1.165, 1.54) is 114 Å². The zero-order chi connectivity index (χ0) is 16.2. The van der Waals surface area contributed by atoms with Gasteiger partial charge < -0.3 is 14.7 Å². The number of hydrogen-bond donors (Lipinski definition) is 0. The molecule has 1 aromatic rings. The summed E-state index contributed by atoms with van der Waals surface area (Å²) in [5.41, 5.74) is 4.41. The molecule has 0 N–H and O–H groups in total. The smallest absolute Gasteiger partial charge is 0.0407 e. The first kappa shape index (κ1) is 16.1. The summed E-state index contributed by atoms with van der Waals surface area (Å²) in [6.45, 7) is 7.43. The van der Waals surface area contributed by atoms with Gasteiger partial charge in [0.15, 0.2) is 0 Å². The predicted octanol–water partition coefficient (Wildman–Crippen LogP) is 4.66. The SMILES string of the molecule is c1c(N2CCCCC2)cc(N2CCCCC2)cc1N1CCCCC1. The summed E-state index contributed by atoms with van der Waals surface area (Å²) in [6.07, 6.45) is 12.3. The lowest BCUT2D eigenvalue weighted by Gasteiger charge is -2.35. The van der Waals surface area contributed by atoms with E-state index in [-0.39, 0.29) is 0 Å². The van der Waals surface area contributed by atoms with Gasteiger partial charge in [-0.15, -0.1) is 0 Å². The van der Waals surface area contributed by atoms with Crippen LogP contribution in [0.2, 0.25) is 0 Å². The van der Waals surface area contributed by atoms with Crippen LogP contribution in [-0.2, 0) is 0 Å². The normalized spacial score (nSPS) is 22.8. The molecule has 0 atom stereocenters. The molecule has 3 aliphatic rings. The minimum absolute atomic E-state index is 1.24. The van der Waals surface area contributed by atoms with E-state index in [1.54, 1.807) is 0 Å². The van der Waals surface area contributed by atoms with Crippen molar-refractivity contribution in [2.75, 3.05) is 54.0 Å². The Bertz CT molecular complexity index is 435. The summed E-state index contributed by atoms with van der Waals surface area (Å²) in [5.74, 6) is 0. The number of anilines is 3.